The zero-order valence-electron chi connectivity index (χ0n) is 15.1. The third-order valence-corrected chi connectivity index (χ3v) is 4.77. The average Bonchev–Trinajstić information content (AvgIpc) is 2.67. The Bertz CT molecular complexity index is 730. The van der Waals surface area contributed by atoms with Gasteiger partial charge in [0.05, 0.1) is 4.92 Å². The van der Waals surface area contributed by atoms with Crippen LogP contribution in [0.15, 0.2) is 48.5 Å². The van der Waals surface area contributed by atoms with Crippen molar-refractivity contribution in [3.05, 3.63) is 64.2 Å². The summed E-state index contributed by atoms with van der Waals surface area (Å²) in [6, 6.07) is 15.8. The van der Waals surface area contributed by atoms with Crippen LogP contribution in [0.25, 0.3) is 0 Å². The summed E-state index contributed by atoms with van der Waals surface area (Å²) in [4.78, 5) is 13.4. The number of nitrogens with one attached hydrogen (secondary N) is 2. The Hall–Kier alpha value is -2.60. The van der Waals surface area contributed by atoms with Crippen molar-refractivity contribution in [2.45, 2.75) is 25.8 Å². The van der Waals surface area contributed by atoms with Crippen LogP contribution in [0.3, 0.4) is 0 Å². The first-order valence-corrected chi connectivity index (χ1v) is 9.18. The molecule has 1 aliphatic heterocycles. The lowest BCUT2D eigenvalue weighted by Gasteiger charge is -2.30. The number of hydrogen-bond acceptors (Lipinski definition) is 5. The van der Waals surface area contributed by atoms with Gasteiger partial charge in [-0.2, -0.15) is 0 Å². The first-order chi connectivity index (χ1) is 12.6. The van der Waals surface area contributed by atoms with E-state index in [9.17, 15) is 10.1 Å². The molecule has 6 heteroatoms. The lowest BCUT2D eigenvalue weighted by atomic mass is 10.1. The van der Waals surface area contributed by atoms with Gasteiger partial charge in [-0.15, -0.1) is 0 Å². The Balaban J connectivity index is 1.70. The maximum absolute atomic E-state index is 11.4. The van der Waals surface area contributed by atoms with Gasteiger partial charge in [-0.3, -0.25) is 10.1 Å². The molecule has 3 rings (SSSR count). The lowest BCUT2D eigenvalue weighted by molar-refractivity contribution is -0.384. The number of anilines is 2. The van der Waals surface area contributed by atoms with E-state index in [1.165, 1.54) is 5.56 Å². The van der Waals surface area contributed by atoms with Crippen LogP contribution in [0.4, 0.5) is 17.1 Å². The van der Waals surface area contributed by atoms with Crippen LogP contribution in [0, 0.1) is 10.1 Å². The fourth-order valence-electron chi connectivity index (χ4n) is 3.28. The molecule has 2 N–H and O–H groups in total. The lowest BCUT2D eigenvalue weighted by Crippen LogP contribution is -2.43. The molecule has 138 valence electrons. The molecular formula is C20H26N4O2. The smallest absolute Gasteiger partial charge is 0.292 e. The van der Waals surface area contributed by atoms with Crippen LogP contribution in [-0.4, -0.2) is 37.1 Å². The molecule has 0 spiro atoms. The van der Waals surface area contributed by atoms with Gasteiger partial charge in [0.25, 0.3) is 5.69 Å². The molecule has 1 fully saturated rings. The number of piperazine rings is 1. The van der Waals surface area contributed by atoms with Crippen LogP contribution in [0.2, 0.25) is 0 Å². The molecule has 1 atom stereocenters. The highest BCUT2D eigenvalue weighted by Gasteiger charge is 2.19. The van der Waals surface area contributed by atoms with Crippen molar-refractivity contribution in [3.8, 4) is 0 Å². The number of hydrogen-bond donors (Lipinski definition) is 2. The van der Waals surface area contributed by atoms with E-state index in [1.54, 1.807) is 6.07 Å². The molecule has 2 aromatic carbocycles. The third kappa shape index (κ3) is 4.73. The quantitative estimate of drug-likeness (QED) is 0.589. The molecule has 0 bridgehead atoms. The molecule has 1 saturated heterocycles. The fraction of sp³-hybridized carbons (Fsp3) is 0.400. The van der Waals surface area contributed by atoms with Crippen molar-refractivity contribution >= 4 is 17.1 Å². The molecule has 1 aliphatic rings. The van der Waals surface area contributed by atoms with E-state index in [0.717, 1.165) is 44.7 Å². The van der Waals surface area contributed by atoms with Gasteiger partial charge in [-0.1, -0.05) is 30.3 Å². The highest BCUT2D eigenvalue weighted by molar-refractivity contribution is 5.69. The van der Waals surface area contributed by atoms with Crippen molar-refractivity contribution in [3.63, 3.8) is 0 Å². The average molecular weight is 354 g/mol. The molecule has 6 nitrogen and oxygen atoms in total. The second-order valence-electron chi connectivity index (χ2n) is 6.77. The normalized spacial score (nSPS) is 15.5. The first-order valence-electron chi connectivity index (χ1n) is 9.18. The Labute approximate surface area is 154 Å². The zero-order chi connectivity index (χ0) is 18.4. The van der Waals surface area contributed by atoms with Crippen LogP contribution < -0.4 is 15.5 Å². The molecule has 0 saturated carbocycles. The topological polar surface area (TPSA) is 70.4 Å². The minimum atomic E-state index is -0.312. The van der Waals surface area contributed by atoms with Crippen LogP contribution >= 0.6 is 0 Å². The summed E-state index contributed by atoms with van der Waals surface area (Å²) in [5.74, 6) is 0. The predicted octanol–water partition coefficient (Wildman–Crippen LogP) is 3.44. The number of rotatable bonds is 7. The van der Waals surface area contributed by atoms with Crippen molar-refractivity contribution in [2.24, 2.45) is 0 Å². The minimum Gasteiger partial charge on any atom is -0.377 e. The monoisotopic (exact) mass is 354 g/mol. The van der Waals surface area contributed by atoms with Crippen molar-refractivity contribution < 1.29 is 4.92 Å². The molecular weight excluding hydrogens is 328 g/mol. The van der Waals surface area contributed by atoms with E-state index >= 15 is 0 Å². The number of nitro groups is 1. The van der Waals surface area contributed by atoms with Crippen molar-refractivity contribution in [1.82, 2.24) is 5.32 Å². The third-order valence-electron chi connectivity index (χ3n) is 4.77. The molecule has 0 amide bonds. The van der Waals surface area contributed by atoms with E-state index in [4.69, 9.17) is 0 Å². The van der Waals surface area contributed by atoms with E-state index in [-0.39, 0.29) is 16.7 Å². The van der Waals surface area contributed by atoms with Gasteiger partial charge in [0.1, 0.15) is 5.69 Å². The minimum absolute atomic E-state index is 0.135. The Morgan fingerprint density at radius 3 is 2.62 bits per heavy atom. The van der Waals surface area contributed by atoms with Gasteiger partial charge in [-0.25, -0.2) is 0 Å². The van der Waals surface area contributed by atoms with Gasteiger partial charge < -0.3 is 15.5 Å². The van der Waals surface area contributed by atoms with Gasteiger partial charge >= 0.3 is 0 Å². The largest absolute Gasteiger partial charge is 0.377 e. The van der Waals surface area contributed by atoms with Crippen LogP contribution in [-0.2, 0) is 6.42 Å². The fourth-order valence-corrected chi connectivity index (χ4v) is 3.28. The standard InChI is InChI=1S/C20H26N4O2/c1-16(7-8-17-5-3-2-4-6-17)22-19-15-18(9-10-20(19)24(25)26)23-13-11-21-12-14-23/h2-6,9-10,15-16,21-22H,7-8,11-14H2,1H3. The number of benzene rings is 2. The second kappa shape index (κ2) is 8.67. The number of nitrogens with zero attached hydrogens (tertiary/aromatic N) is 2. The molecule has 0 aliphatic carbocycles. The van der Waals surface area contributed by atoms with Gasteiger partial charge in [0, 0.05) is 44.0 Å². The van der Waals surface area contributed by atoms with E-state index < -0.39 is 0 Å². The Kier molecular flexibility index (Phi) is 6.07. The zero-order valence-corrected chi connectivity index (χ0v) is 15.1. The molecule has 1 unspecified atom stereocenters. The summed E-state index contributed by atoms with van der Waals surface area (Å²) in [5, 5.41) is 18.1. The summed E-state index contributed by atoms with van der Waals surface area (Å²) < 4.78 is 0. The summed E-state index contributed by atoms with van der Waals surface area (Å²) in [6.45, 7) is 5.78. The molecule has 26 heavy (non-hydrogen) atoms. The maximum Gasteiger partial charge on any atom is 0.292 e. The summed E-state index contributed by atoms with van der Waals surface area (Å²) in [7, 11) is 0. The van der Waals surface area contributed by atoms with Crippen LogP contribution in [0.5, 0.6) is 0 Å². The van der Waals surface area contributed by atoms with E-state index in [2.05, 4.69) is 34.6 Å². The van der Waals surface area contributed by atoms with Crippen LogP contribution in [0.1, 0.15) is 18.9 Å². The number of nitro benzene ring substituents is 1. The first kappa shape index (κ1) is 18.2. The second-order valence-corrected chi connectivity index (χ2v) is 6.77. The van der Waals surface area contributed by atoms with Gasteiger partial charge in [-0.05, 0) is 37.5 Å². The number of aryl methyl sites for hydroxylation is 1. The van der Waals surface area contributed by atoms with E-state index in [0.29, 0.717) is 5.69 Å². The summed E-state index contributed by atoms with van der Waals surface area (Å²) in [6.07, 6.45) is 1.86. The SMILES string of the molecule is CC(CCc1ccccc1)Nc1cc(N2CCNCC2)ccc1[N+](=O)[O-]. The van der Waals surface area contributed by atoms with Crippen molar-refractivity contribution in [1.29, 1.82) is 0 Å². The van der Waals surface area contributed by atoms with Gasteiger partial charge in [0.2, 0.25) is 0 Å². The maximum atomic E-state index is 11.4. The molecule has 0 radical (unpaired) electrons. The highest BCUT2D eigenvalue weighted by Crippen LogP contribution is 2.30. The Morgan fingerprint density at radius 2 is 1.92 bits per heavy atom. The molecule has 1 heterocycles. The summed E-state index contributed by atoms with van der Waals surface area (Å²) >= 11 is 0. The van der Waals surface area contributed by atoms with E-state index in [1.807, 2.05) is 30.3 Å². The highest BCUT2D eigenvalue weighted by atomic mass is 16.6. The summed E-state index contributed by atoms with van der Waals surface area (Å²) in [5.41, 5.74) is 3.06. The Morgan fingerprint density at radius 1 is 1.19 bits per heavy atom. The molecule has 2 aromatic rings. The molecule has 0 aromatic heterocycles. The van der Waals surface area contributed by atoms with Crippen molar-refractivity contribution in [2.75, 3.05) is 36.4 Å². The van der Waals surface area contributed by atoms with Gasteiger partial charge in [0.15, 0.2) is 0 Å². The predicted molar refractivity (Wildman–Crippen MR) is 106 cm³/mol.